The summed E-state index contributed by atoms with van der Waals surface area (Å²) in [6.07, 6.45) is 1.44. The van der Waals surface area contributed by atoms with Gasteiger partial charge in [-0.1, -0.05) is 15.9 Å². The van der Waals surface area contributed by atoms with Crippen LogP contribution in [-0.4, -0.2) is 14.8 Å². The summed E-state index contributed by atoms with van der Waals surface area (Å²) in [5.74, 6) is 0.677. The molecule has 2 rings (SSSR count). The number of alkyl halides is 1. The van der Waals surface area contributed by atoms with E-state index in [1.807, 2.05) is 0 Å². The smallest absolute Gasteiger partial charge is 0.142 e. The molecule has 0 aliphatic carbocycles. The van der Waals surface area contributed by atoms with Crippen LogP contribution in [0.1, 0.15) is 11.4 Å². The van der Waals surface area contributed by atoms with Crippen molar-refractivity contribution in [3.05, 3.63) is 46.2 Å². The molecule has 0 fully saturated rings. The summed E-state index contributed by atoms with van der Waals surface area (Å²) >= 11 is 9.06. The Morgan fingerprint density at radius 3 is 3.00 bits per heavy atom. The van der Waals surface area contributed by atoms with Gasteiger partial charge in [-0.15, -0.1) is 11.6 Å². The molecular formula is C10H8BrClFN3. The topological polar surface area (TPSA) is 30.7 Å². The maximum Gasteiger partial charge on any atom is 0.142 e. The number of hydrogen-bond donors (Lipinski definition) is 0. The van der Waals surface area contributed by atoms with Gasteiger partial charge in [0.1, 0.15) is 18.0 Å². The molecule has 2 aromatic rings. The molecule has 0 spiro atoms. The van der Waals surface area contributed by atoms with Gasteiger partial charge in [-0.25, -0.2) is 14.1 Å². The van der Waals surface area contributed by atoms with Gasteiger partial charge in [0.2, 0.25) is 0 Å². The average Bonchev–Trinajstić information content (AvgIpc) is 2.71. The van der Waals surface area contributed by atoms with E-state index in [1.165, 1.54) is 18.5 Å². The number of hydrogen-bond acceptors (Lipinski definition) is 2. The van der Waals surface area contributed by atoms with E-state index in [-0.39, 0.29) is 11.7 Å². The lowest BCUT2D eigenvalue weighted by atomic mass is 10.2. The van der Waals surface area contributed by atoms with E-state index >= 15 is 0 Å². The molecule has 6 heteroatoms. The van der Waals surface area contributed by atoms with Crippen LogP contribution in [0.4, 0.5) is 4.39 Å². The van der Waals surface area contributed by atoms with Crippen molar-refractivity contribution in [1.29, 1.82) is 0 Å². The summed E-state index contributed by atoms with van der Waals surface area (Å²) in [5, 5.41) is 4.03. The molecule has 0 atom stereocenters. The normalized spacial score (nSPS) is 10.7. The zero-order chi connectivity index (χ0) is 11.5. The fourth-order valence-corrected chi connectivity index (χ4v) is 1.93. The zero-order valence-electron chi connectivity index (χ0n) is 8.20. The molecular weight excluding hydrogens is 296 g/mol. The van der Waals surface area contributed by atoms with Crippen LogP contribution in [0.3, 0.4) is 0 Å². The second-order valence-corrected chi connectivity index (χ2v) is 4.32. The quantitative estimate of drug-likeness (QED) is 0.816. The highest BCUT2D eigenvalue weighted by Crippen LogP contribution is 2.19. The Morgan fingerprint density at radius 2 is 2.25 bits per heavy atom. The average molecular weight is 305 g/mol. The lowest BCUT2D eigenvalue weighted by molar-refractivity contribution is 0.614. The van der Waals surface area contributed by atoms with Gasteiger partial charge in [0.25, 0.3) is 0 Å². The van der Waals surface area contributed by atoms with Crippen molar-refractivity contribution in [3.8, 4) is 0 Å². The third-order valence-electron chi connectivity index (χ3n) is 2.14. The van der Waals surface area contributed by atoms with Crippen molar-refractivity contribution in [2.45, 2.75) is 12.4 Å². The monoisotopic (exact) mass is 303 g/mol. The highest BCUT2D eigenvalue weighted by Gasteiger charge is 2.07. The Labute approximate surface area is 105 Å². The van der Waals surface area contributed by atoms with Crippen LogP contribution in [0.15, 0.2) is 29.0 Å². The summed E-state index contributed by atoms with van der Waals surface area (Å²) in [5.41, 5.74) is 0.803. The van der Waals surface area contributed by atoms with Gasteiger partial charge in [-0.05, 0) is 23.8 Å². The first-order valence-electron chi connectivity index (χ1n) is 4.57. The van der Waals surface area contributed by atoms with Crippen molar-refractivity contribution >= 4 is 27.5 Å². The maximum absolute atomic E-state index is 13.1. The molecule has 0 aliphatic rings. The molecule has 0 saturated carbocycles. The van der Waals surface area contributed by atoms with E-state index in [1.54, 1.807) is 10.7 Å². The van der Waals surface area contributed by atoms with E-state index in [0.29, 0.717) is 12.4 Å². The Hall–Kier alpha value is -0.940. The summed E-state index contributed by atoms with van der Waals surface area (Å²) in [4.78, 5) is 3.99. The highest BCUT2D eigenvalue weighted by atomic mass is 79.9. The molecule has 0 amide bonds. The molecule has 1 heterocycles. The number of benzene rings is 1. The molecule has 0 saturated heterocycles. The fraction of sp³-hybridized carbons (Fsp3) is 0.200. The van der Waals surface area contributed by atoms with Crippen molar-refractivity contribution in [2.75, 3.05) is 0 Å². The number of halogens is 3. The van der Waals surface area contributed by atoms with E-state index in [9.17, 15) is 4.39 Å². The van der Waals surface area contributed by atoms with Gasteiger partial charge in [0.15, 0.2) is 0 Å². The number of rotatable bonds is 3. The highest BCUT2D eigenvalue weighted by molar-refractivity contribution is 9.10. The molecule has 1 aromatic heterocycles. The SMILES string of the molecule is Fc1ccc(Br)c(Cn2ncnc2CCl)c1. The lowest BCUT2D eigenvalue weighted by Crippen LogP contribution is -2.06. The Bertz CT molecular complexity index is 501. The predicted molar refractivity (Wildman–Crippen MR) is 62.8 cm³/mol. The maximum atomic E-state index is 13.1. The molecule has 0 bridgehead atoms. The standard InChI is InChI=1S/C10H8BrClFN3/c11-9-2-1-8(13)3-7(9)5-16-10(4-12)14-6-15-16/h1-3,6H,4-5H2. The molecule has 0 radical (unpaired) electrons. The van der Waals surface area contributed by atoms with Gasteiger partial charge in [-0.2, -0.15) is 5.10 Å². The predicted octanol–water partition coefficient (Wildman–Crippen LogP) is 2.97. The Kier molecular flexibility index (Phi) is 3.56. The Balaban J connectivity index is 2.30. The second kappa shape index (κ2) is 4.93. The minimum absolute atomic E-state index is 0.272. The third kappa shape index (κ3) is 2.41. The fourth-order valence-electron chi connectivity index (χ4n) is 1.35. The first-order chi connectivity index (χ1) is 7.70. The van der Waals surface area contributed by atoms with Gasteiger partial charge >= 0.3 is 0 Å². The summed E-state index contributed by atoms with van der Waals surface area (Å²) < 4.78 is 15.5. The van der Waals surface area contributed by atoms with Gasteiger partial charge < -0.3 is 0 Å². The first-order valence-corrected chi connectivity index (χ1v) is 5.90. The van der Waals surface area contributed by atoms with Crippen LogP contribution in [0.5, 0.6) is 0 Å². The zero-order valence-corrected chi connectivity index (χ0v) is 10.5. The number of nitrogens with zero attached hydrogens (tertiary/aromatic N) is 3. The van der Waals surface area contributed by atoms with Crippen LogP contribution in [0.25, 0.3) is 0 Å². The molecule has 84 valence electrons. The van der Waals surface area contributed by atoms with E-state index in [2.05, 4.69) is 26.0 Å². The van der Waals surface area contributed by atoms with Crippen LogP contribution in [0.2, 0.25) is 0 Å². The van der Waals surface area contributed by atoms with Crippen molar-refractivity contribution in [1.82, 2.24) is 14.8 Å². The first kappa shape index (κ1) is 11.5. The van der Waals surface area contributed by atoms with Crippen molar-refractivity contribution < 1.29 is 4.39 Å². The van der Waals surface area contributed by atoms with Crippen molar-refractivity contribution in [2.24, 2.45) is 0 Å². The third-order valence-corrected chi connectivity index (χ3v) is 3.16. The molecule has 1 aromatic carbocycles. The largest absolute Gasteiger partial charge is 0.244 e. The minimum Gasteiger partial charge on any atom is -0.244 e. The van der Waals surface area contributed by atoms with Gasteiger partial charge in [0, 0.05) is 4.47 Å². The summed E-state index contributed by atoms with van der Waals surface area (Å²) in [7, 11) is 0. The number of aromatic nitrogens is 3. The lowest BCUT2D eigenvalue weighted by Gasteiger charge is -2.06. The van der Waals surface area contributed by atoms with Crippen LogP contribution in [-0.2, 0) is 12.4 Å². The second-order valence-electron chi connectivity index (χ2n) is 3.20. The molecule has 16 heavy (non-hydrogen) atoms. The van der Waals surface area contributed by atoms with Crippen molar-refractivity contribution in [3.63, 3.8) is 0 Å². The van der Waals surface area contributed by atoms with Crippen LogP contribution in [0, 0.1) is 5.82 Å². The molecule has 3 nitrogen and oxygen atoms in total. The molecule has 0 N–H and O–H groups in total. The summed E-state index contributed by atoms with van der Waals surface area (Å²) in [6, 6.07) is 4.53. The minimum atomic E-state index is -0.272. The van der Waals surface area contributed by atoms with E-state index in [0.717, 1.165) is 10.0 Å². The van der Waals surface area contributed by atoms with Crippen LogP contribution >= 0.6 is 27.5 Å². The van der Waals surface area contributed by atoms with E-state index in [4.69, 9.17) is 11.6 Å². The molecule has 0 unspecified atom stereocenters. The Morgan fingerprint density at radius 1 is 1.44 bits per heavy atom. The van der Waals surface area contributed by atoms with Gasteiger partial charge in [0.05, 0.1) is 12.4 Å². The summed E-state index contributed by atoms with van der Waals surface area (Å²) in [6.45, 7) is 0.445. The van der Waals surface area contributed by atoms with Gasteiger partial charge in [-0.3, -0.25) is 0 Å². The molecule has 0 aliphatic heterocycles. The van der Waals surface area contributed by atoms with E-state index < -0.39 is 0 Å². The van der Waals surface area contributed by atoms with Crippen LogP contribution < -0.4 is 0 Å².